The molecule has 1 fully saturated rings. The first-order chi connectivity index (χ1) is 9.32. The number of rotatable bonds is 4. The molecule has 1 aliphatic carbocycles. The molecule has 20 heavy (non-hydrogen) atoms. The quantitative estimate of drug-likeness (QED) is 0.607. The van der Waals surface area contributed by atoms with Gasteiger partial charge in [-0.05, 0) is 38.2 Å². The molecule has 0 aliphatic heterocycles. The smallest absolute Gasteiger partial charge is 0.416 e. The molecule has 0 saturated heterocycles. The number of hydrogen-bond donors (Lipinski definition) is 0. The summed E-state index contributed by atoms with van der Waals surface area (Å²) in [6.07, 6.45) is -1.51. The van der Waals surface area contributed by atoms with Crippen LogP contribution in [0.2, 0.25) is 0 Å². The van der Waals surface area contributed by atoms with E-state index in [-0.39, 0.29) is 11.9 Å². The topological polar surface area (TPSA) is 26.3 Å². The number of thioether (sulfide) groups is 1. The number of esters is 1. The van der Waals surface area contributed by atoms with Crippen molar-refractivity contribution < 1.29 is 22.7 Å². The molecule has 6 heteroatoms. The summed E-state index contributed by atoms with van der Waals surface area (Å²) in [5.74, 6) is -0.283. The average Bonchev–Trinajstić information content (AvgIpc) is 3.20. The molecule has 1 aromatic rings. The molecule has 110 valence electrons. The van der Waals surface area contributed by atoms with Crippen LogP contribution in [0.3, 0.4) is 0 Å². The Bertz CT molecular complexity index is 510. The van der Waals surface area contributed by atoms with Crippen LogP contribution in [0.25, 0.3) is 0 Å². The van der Waals surface area contributed by atoms with Crippen molar-refractivity contribution in [2.45, 2.75) is 36.9 Å². The second-order valence-corrected chi connectivity index (χ2v) is 5.66. The van der Waals surface area contributed by atoms with Crippen LogP contribution in [-0.2, 0) is 15.7 Å². The maximum Gasteiger partial charge on any atom is 0.416 e. The zero-order valence-corrected chi connectivity index (χ0v) is 12.0. The van der Waals surface area contributed by atoms with Crippen LogP contribution in [0.5, 0.6) is 0 Å². The van der Waals surface area contributed by atoms with Crippen molar-refractivity contribution in [1.82, 2.24) is 0 Å². The van der Waals surface area contributed by atoms with Crippen molar-refractivity contribution in [2.24, 2.45) is 5.92 Å². The summed E-state index contributed by atoms with van der Waals surface area (Å²) in [5.41, 5.74) is -0.0779. The van der Waals surface area contributed by atoms with Crippen LogP contribution in [0, 0.1) is 5.92 Å². The van der Waals surface area contributed by atoms with Crippen LogP contribution in [0.4, 0.5) is 13.2 Å². The number of ether oxygens (including phenoxy) is 1. The summed E-state index contributed by atoms with van der Waals surface area (Å²) in [6, 6.07) is 3.51. The van der Waals surface area contributed by atoms with E-state index < -0.39 is 17.8 Å². The van der Waals surface area contributed by atoms with Gasteiger partial charge < -0.3 is 4.74 Å². The minimum atomic E-state index is -4.36. The number of alkyl halides is 3. The highest BCUT2D eigenvalue weighted by Gasteiger charge is 2.34. The lowest BCUT2D eigenvalue weighted by atomic mass is 10.1. The Morgan fingerprint density at radius 2 is 2.05 bits per heavy atom. The zero-order valence-electron chi connectivity index (χ0n) is 11.2. The molecule has 1 unspecified atom stereocenters. The second-order valence-electron chi connectivity index (χ2n) is 4.81. The molecule has 0 aromatic heterocycles. The largest absolute Gasteiger partial charge is 0.458 e. The molecule has 2 rings (SSSR count). The summed E-state index contributed by atoms with van der Waals surface area (Å²) in [5, 5.41) is 0. The lowest BCUT2D eigenvalue weighted by molar-refractivity contribution is -0.150. The molecule has 1 saturated carbocycles. The molecular weight excluding hydrogens is 289 g/mol. The van der Waals surface area contributed by atoms with Gasteiger partial charge in [-0.2, -0.15) is 13.2 Å². The molecule has 2 nitrogen and oxygen atoms in total. The highest BCUT2D eigenvalue weighted by atomic mass is 32.2. The van der Waals surface area contributed by atoms with Crippen molar-refractivity contribution in [2.75, 3.05) is 6.26 Å². The Morgan fingerprint density at radius 3 is 2.55 bits per heavy atom. The minimum absolute atomic E-state index is 0.0235. The Balaban J connectivity index is 2.19. The third-order valence-electron chi connectivity index (χ3n) is 3.20. The van der Waals surface area contributed by atoms with E-state index in [4.69, 9.17) is 4.74 Å². The fourth-order valence-corrected chi connectivity index (χ4v) is 2.59. The molecule has 1 aromatic carbocycles. The molecule has 1 aliphatic rings. The highest BCUT2D eigenvalue weighted by Crippen LogP contribution is 2.37. The number of hydrogen-bond acceptors (Lipinski definition) is 3. The van der Waals surface area contributed by atoms with Crippen molar-refractivity contribution in [1.29, 1.82) is 0 Å². The number of benzene rings is 1. The van der Waals surface area contributed by atoms with Gasteiger partial charge in [-0.3, -0.25) is 4.79 Å². The lowest BCUT2D eigenvalue weighted by Gasteiger charge is -2.18. The maximum atomic E-state index is 12.7. The van der Waals surface area contributed by atoms with E-state index in [9.17, 15) is 18.0 Å². The van der Waals surface area contributed by atoms with E-state index in [1.54, 1.807) is 13.2 Å². The van der Waals surface area contributed by atoms with E-state index >= 15 is 0 Å². The number of halogens is 3. The van der Waals surface area contributed by atoms with E-state index in [1.807, 2.05) is 0 Å². The molecular formula is C14H15F3O2S. The van der Waals surface area contributed by atoms with Gasteiger partial charge in [0.05, 0.1) is 11.5 Å². The normalized spacial score (nSPS) is 16.9. The van der Waals surface area contributed by atoms with Gasteiger partial charge in [-0.1, -0.05) is 6.07 Å². The zero-order chi connectivity index (χ0) is 14.9. The molecule has 0 radical (unpaired) electrons. The average molecular weight is 304 g/mol. The third-order valence-corrected chi connectivity index (χ3v) is 4.00. The fourth-order valence-electron chi connectivity index (χ4n) is 1.88. The van der Waals surface area contributed by atoms with E-state index in [0.29, 0.717) is 10.5 Å². The van der Waals surface area contributed by atoms with Crippen molar-refractivity contribution in [3.8, 4) is 0 Å². The van der Waals surface area contributed by atoms with Crippen LogP contribution >= 0.6 is 11.8 Å². The van der Waals surface area contributed by atoms with Crippen molar-refractivity contribution >= 4 is 17.7 Å². The van der Waals surface area contributed by atoms with Gasteiger partial charge in [0.1, 0.15) is 6.10 Å². The first-order valence-corrected chi connectivity index (χ1v) is 7.51. The predicted molar refractivity (Wildman–Crippen MR) is 70.5 cm³/mol. The van der Waals surface area contributed by atoms with Gasteiger partial charge in [-0.15, -0.1) is 11.8 Å². The number of carbonyl (C=O) groups excluding carboxylic acids is 1. The SMILES string of the molecule is CSc1cc(C(F)(F)F)ccc1C(C)OC(=O)C1CC1. The third kappa shape index (κ3) is 3.48. The summed E-state index contributed by atoms with van der Waals surface area (Å²) in [6.45, 7) is 1.68. The van der Waals surface area contributed by atoms with Crippen LogP contribution in [0.15, 0.2) is 23.1 Å². The van der Waals surface area contributed by atoms with E-state index in [2.05, 4.69) is 0 Å². The van der Waals surface area contributed by atoms with Gasteiger partial charge in [0, 0.05) is 10.5 Å². The fraction of sp³-hybridized carbons (Fsp3) is 0.500. The van der Waals surface area contributed by atoms with Gasteiger partial charge in [0.15, 0.2) is 0 Å². The lowest BCUT2D eigenvalue weighted by Crippen LogP contribution is -2.12. The monoisotopic (exact) mass is 304 g/mol. The molecule has 0 amide bonds. The second kappa shape index (κ2) is 5.68. The minimum Gasteiger partial charge on any atom is -0.458 e. The highest BCUT2D eigenvalue weighted by molar-refractivity contribution is 7.98. The summed E-state index contributed by atoms with van der Waals surface area (Å²) in [4.78, 5) is 12.1. The van der Waals surface area contributed by atoms with Gasteiger partial charge >= 0.3 is 12.1 Å². The van der Waals surface area contributed by atoms with E-state index in [0.717, 1.165) is 25.0 Å². The van der Waals surface area contributed by atoms with Crippen molar-refractivity contribution in [3.63, 3.8) is 0 Å². The van der Waals surface area contributed by atoms with Crippen molar-refractivity contribution in [3.05, 3.63) is 29.3 Å². The van der Waals surface area contributed by atoms with Crippen LogP contribution in [-0.4, -0.2) is 12.2 Å². The van der Waals surface area contributed by atoms with Gasteiger partial charge in [0.25, 0.3) is 0 Å². The summed E-state index contributed by atoms with van der Waals surface area (Å²) >= 11 is 1.21. The van der Waals surface area contributed by atoms with Gasteiger partial charge in [0.2, 0.25) is 0 Å². The Labute approximate surface area is 119 Å². The summed E-state index contributed by atoms with van der Waals surface area (Å²) < 4.78 is 43.3. The first-order valence-electron chi connectivity index (χ1n) is 6.28. The Hall–Kier alpha value is -1.17. The van der Waals surface area contributed by atoms with Crippen LogP contribution in [0.1, 0.15) is 37.0 Å². The first kappa shape index (κ1) is 15.2. The molecule has 1 atom stereocenters. The molecule has 0 bridgehead atoms. The maximum absolute atomic E-state index is 12.7. The predicted octanol–water partition coefficient (Wildman–Crippen LogP) is 4.44. The van der Waals surface area contributed by atoms with Gasteiger partial charge in [-0.25, -0.2) is 0 Å². The standard InChI is InChI=1S/C14H15F3O2S/c1-8(19-13(18)9-3-4-9)11-6-5-10(14(15,16)17)7-12(11)20-2/h5-9H,3-4H2,1-2H3. The summed E-state index contributed by atoms with van der Waals surface area (Å²) in [7, 11) is 0. The Morgan fingerprint density at radius 1 is 1.40 bits per heavy atom. The Kier molecular flexibility index (Phi) is 4.32. The van der Waals surface area contributed by atoms with Crippen LogP contribution < -0.4 is 0 Å². The number of carbonyl (C=O) groups is 1. The van der Waals surface area contributed by atoms with E-state index in [1.165, 1.54) is 17.8 Å². The molecule has 0 N–H and O–H groups in total. The molecule has 0 spiro atoms. The molecule has 0 heterocycles.